The molecular formula is C18H27N3O2. The van der Waals surface area contributed by atoms with E-state index in [2.05, 4.69) is 21.9 Å². The predicted octanol–water partition coefficient (Wildman–Crippen LogP) is 3.33. The average Bonchev–Trinajstić information content (AvgIpc) is 2.61. The largest absolute Gasteiger partial charge is 0.494 e. The molecule has 1 fully saturated rings. The maximum atomic E-state index is 11.0. The molecule has 0 unspecified atom stereocenters. The molecule has 1 aromatic rings. The SMILES string of the molecule is CCCN1CCC(N2CCc3cc(OC)c(N=O)cc3C2)CC1. The van der Waals surface area contributed by atoms with E-state index in [1.807, 2.05) is 12.1 Å². The molecule has 0 aromatic heterocycles. The van der Waals surface area contributed by atoms with Gasteiger partial charge in [0.05, 0.1) is 7.11 Å². The van der Waals surface area contributed by atoms with Gasteiger partial charge in [-0.1, -0.05) is 6.92 Å². The number of hydrogen-bond acceptors (Lipinski definition) is 5. The van der Waals surface area contributed by atoms with Gasteiger partial charge in [-0.2, -0.15) is 0 Å². The van der Waals surface area contributed by atoms with E-state index >= 15 is 0 Å². The van der Waals surface area contributed by atoms with Crippen molar-refractivity contribution in [2.24, 2.45) is 5.18 Å². The molecule has 2 aliphatic rings. The second-order valence-corrected chi connectivity index (χ2v) is 6.68. The number of likely N-dealkylation sites (tertiary alicyclic amines) is 1. The number of benzene rings is 1. The highest BCUT2D eigenvalue weighted by Gasteiger charge is 2.27. The Hall–Kier alpha value is -1.46. The molecule has 5 nitrogen and oxygen atoms in total. The summed E-state index contributed by atoms with van der Waals surface area (Å²) in [6.45, 7) is 7.93. The van der Waals surface area contributed by atoms with Crippen LogP contribution in [0.5, 0.6) is 5.75 Å². The second kappa shape index (κ2) is 7.41. The van der Waals surface area contributed by atoms with Crippen molar-refractivity contribution in [2.45, 2.75) is 45.2 Å². The van der Waals surface area contributed by atoms with Crippen LogP contribution in [-0.4, -0.2) is 49.1 Å². The van der Waals surface area contributed by atoms with Gasteiger partial charge in [0, 0.05) is 19.1 Å². The van der Waals surface area contributed by atoms with Crippen molar-refractivity contribution in [3.05, 3.63) is 28.2 Å². The zero-order valence-corrected chi connectivity index (χ0v) is 14.3. The van der Waals surface area contributed by atoms with E-state index < -0.39 is 0 Å². The normalized spacial score (nSPS) is 20.3. The highest BCUT2D eigenvalue weighted by atomic mass is 16.5. The van der Waals surface area contributed by atoms with Gasteiger partial charge in [0.1, 0.15) is 11.4 Å². The Kier molecular flexibility index (Phi) is 5.28. The van der Waals surface area contributed by atoms with Crippen LogP contribution in [0.15, 0.2) is 17.3 Å². The number of nitrogens with zero attached hydrogens (tertiary/aromatic N) is 3. The van der Waals surface area contributed by atoms with Gasteiger partial charge in [-0.25, -0.2) is 0 Å². The topological polar surface area (TPSA) is 45.1 Å². The van der Waals surface area contributed by atoms with E-state index in [0.29, 0.717) is 17.5 Å². The van der Waals surface area contributed by atoms with Crippen LogP contribution in [0.4, 0.5) is 5.69 Å². The van der Waals surface area contributed by atoms with Crippen molar-refractivity contribution < 1.29 is 4.74 Å². The number of fused-ring (bicyclic) bond motifs is 1. The van der Waals surface area contributed by atoms with Crippen molar-refractivity contribution in [1.82, 2.24) is 9.80 Å². The second-order valence-electron chi connectivity index (χ2n) is 6.68. The smallest absolute Gasteiger partial charge is 0.150 e. The molecule has 0 atom stereocenters. The van der Waals surface area contributed by atoms with Crippen LogP contribution < -0.4 is 4.74 Å². The third-order valence-corrected chi connectivity index (χ3v) is 5.25. The van der Waals surface area contributed by atoms with Gasteiger partial charge in [-0.3, -0.25) is 4.90 Å². The van der Waals surface area contributed by atoms with Crippen LogP contribution in [0.2, 0.25) is 0 Å². The van der Waals surface area contributed by atoms with Crippen molar-refractivity contribution >= 4 is 5.69 Å². The number of piperidine rings is 1. The van der Waals surface area contributed by atoms with Crippen molar-refractivity contribution in [2.75, 3.05) is 33.3 Å². The van der Waals surface area contributed by atoms with Gasteiger partial charge < -0.3 is 9.64 Å². The van der Waals surface area contributed by atoms with Gasteiger partial charge in [-0.05, 0) is 73.8 Å². The molecule has 0 spiro atoms. The Bertz CT molecular complexity index is 553. The summed E-state index contributed by atoms with van der Waals surface area (Å²) in [4.78, 5) is 16.2. The molecule has 0 aliphatic carbocycles. The zero-order valence-electron chi connectivity index (χ0n) is 14.3. The molecule has 126 valence electrons. The third kappa shape index (κ3) is 3.56. The Balaban J connectivity index is 1.67. The molecule has 0 radical (unpaired) electrons. The lowest BCUT2D eigenvalue weighted by Gasteiger charge is -2.40. The number of rotatable bonds is 5. The molecule has 0 N–H and O–H groups in total. The Morgan fingerprint density at radius 3 is 2.65 bits per heavy atom. The molecule has 0 saturated carbocycles. The van der Waals surface area contributed by atoms with Gasteiger partial charge in [0.15, 0.2) is 0 Å². The number of hydrogen-bond donors (Lipinski definition) is 0. The van der Waals surface area contributed by atoms with Gasteiger partial charge in [-0.15, -0.1) is 4.91 Å². The van der Waals surface area contributed by atoms with Crippen molar-refractivity contribution in [3.63, 3.8) is 0 Å². The molecule has 1 aromatic carbocycles. The minimum Gasteiger partial charge on any atom is -0.494 e. The molecule has 2 heterocycles. The molecule has 0 bridgehead atoms. The van der Waals surface area contributed by atoms with Crippen LogP contribution in [0.25, 0.3) is 0 Å². The summed E-state index contributed by atoms with van der Waals surface area (Å²) in [6, 6.07) is 4.58. The first-order valence-corrected chi connectivity index (χ1v) is 8.74. The number of methoxy groups -OCH3 is 1. The van der Waals surface area contributed by atoms with E-state index in [9.17, 15) is 4.91 Å². The first kappa shape index (κ1) is 16.4. The number of nitroso groups, excluding NO2 is 1. The van der Waals surface area contributed by atoms with E-state index in [0.717, 1.165) is 19.5 Å². The summed E-state index contributed by atoms with van der Waals surface area (Å²) >= 11 is 0. The quantitative estimate of drug-likeness (QED) is 0.782. The van der Waals surface area contributed by atoms with Crippen LogP contribution in [0.3, 0.4) is 0 Å². The van der Waals surface area contributed by atoms with E-state index in [1.165, 1.54) is 50.0 Å². The summed E-state index contributed by atoms with van der Waals surface area (Å²) in [6.07, 6.45) is 4.78. The number of ether oxygens (including phenoxy) is 1. The fourth-order valence-electron chi connectivity index (χ4n) is 3.97. The Labute approximate surface area is 138 Å². The highest BCUT2D eigenvalue weighted by molar-refractivity contribution is 5.56. The standard InChI is InChI=1S/C18H27N3O2/c1-3-7-20-8-5-16(6-9-20)21-10-4-14-12-18(23-2)17(19-22)11-15(14)13-21/h11-12,16H,3-10,13H2,1-2H3. The minimum atomic E-state index is 0.422. The van der Waals surface area contributed by atoms with Crippen LogP contribution in [-0.2, 0) is 13.0 Å². The summed E-state index contributed by atoms with van der Waals surface area (Å²) in [5.74, 6) is 0.597. The summed E-state index contributed by atoms with van der Waals surface area (Å²) in [7, 11) is 1.59. The molecule has 3 rings (SSSR count). The van der Waals surface area contributed by atoms with Crippen LogP contribution in [0, 0.1) is 4.91 Å². The zero-order chi connectivity index (χ0) is 16.2. The summed E-state index contributed by atoms with van der Waals surface area (Å²) in [5.41, 5.74) is 2.96. The third-order valence-electron chi connectivity index (χ3n) is 5.25. The average molecular weight is 317 g/mol. The predicted molar refractivity (Wildman–Crippen MR) is 92.3 cm³/mol. The Morgan fingerprint density at radius 2 is 2.00 bits per heavy atom. The van der Waals surface area contributed by atoms with E-state index in [1.54, 1.807) is 7.11 Å². The van der Waals surface area contributed by atoms with Crippen molar-refractivity contribution in [3.8, 4) is 5.75 Å². The monoisotopic (exact) mass is 317 g/mol. The minimum absolute atomic E-state index is 0.422. The summed E-state index contributed by atoms with van der Waals surface area (Å²) < 4.78 is 5.27. The van der Waals surface area contributed by atoms with Gasteiger partial charge >= 0.3 is 0 Å². The summed E-state index contributed by atoms with van der Waals surface area (Å²) in [5, 5.41) is 3.12. The lowest BCUT2D eigenvalue weighted by atomic mass is 9.94. The van der Waals surface area contributed by atoms with Crippen molar-refractivity contribution in [1.29, 1.82) is 0 Å². The maximum absolute atomic E-state index is 11.0. The van der Waals surface area contributed by atoms with Crippen LogP contribution >= 0.6 is 0 Å². The first-order chi connectivity index (χ1) is 11.2. The lowest BCUT2D eigenvalue weighted by Crippen LogP contribution is -2.46. The van der Waals surface area contributed by atoms with Gasteiger partial charge in [0.25, 0.3) is 0 Å². The molecule has 2 aliphatic heterocycles. The molecule has 0 amide bonds. The fourth-order valence-corrected chi connectivity index (χ4v) is 3.97. The lowest BCUT2D eigenvalue weighted by molar-refractivity contribution is 0.0982. The van der Waals surface area contributed by atoms with E-state index in [4.69, 9.17) is 4.74 Å². The molecule has 23 heavy (non-hydrogen) atoms. The highest BCUT2D eigenvalue weighted by Crippen LogP contribution is 2.34. The fraction of sp³-hybridized carbons (Fsp3) is 0.667. The first-order valence-electron chi connectivity index (χ1n) is 8.74. The molecule has 5 heteroatoms. The Morgan fingerprint density at radius 1 is 1.22 bits per heavy atom. The van der Waals surface area contributed by atoms with Gasteiger partial charge in [0.2, 0.25) is 0 Å². The molecular weight excluding hydrogens is 290 g/mol. The molecule has 1 saturated heterocycles. The van der Waals surface area contributed by atoms with E-state index in [-0.39, 0.29) is 0 Å². The van der Waals surface area contributed by atoms with Crippen LogP contribution in [0.1, 0.15) is 37.3 Å². The maximum Gasteiger partial charge on any atom is 0.150 e.